The third-order valence-electron chi connectivity index (χ3n) is 2.82. The number of hydrogen-bond donors (Lipinski definition) is 2. The van der Waals surface area contributed by atoms with Gasteiger partial charge in [0.1, 0.15) is 6.61 Å². The Morgan fingerprint density at radius 3 is 2.95 bits per heavy atom. The maximum absolute atomic E-state index is 5.84. The van der Waals surface area contributed by atoms with E-state index >= 15 is 0 Å². The first-order chi connectivity index (χ1) is 10.1. The minimum atomic E-state index is 0.441. The van der Waals surface area contributed by atoms with Gasteiger partial charge in [-0.3, -0.25) is 0 Å². The van der Waals surface area contributed by atoms with E-state index in [0.717, 1.165) is 18.5 Å². The zero-order valence-corrected chi connectivity index (χ0v) is 13.1. The molecule has 1 aromatic heterocycles. The van der Waals surface area contributed by atoms with Crippen molar-refractivity contribution in [2.45, 2.75) is 26.8 Å². The first kappa shape index (κ1) is 17.2. The minimum Gasteiger partial charge on any atom is -0.475 e. The topological polar surface area (TPSA) is 81.8 Å². The molecule has 118 valence electrons. The van der Waals surface area contributed by atoms with Crippen molar-refractivity contribution in [2.75, 3.05) is 26.9 Å². The summed E-state index contributed by atoms with van der Waals surface area (Å²) in [5.41, 5.74) is 6.74. The van der Waals surface area contributed by atoms with Gasteiger partial charge in [0.25, 0.3) is 0 Å². The molecule has 21 heavy (non-hydrogen) atoms. The van der Waals surface area contributed by atoms with E-state index in [-0.39, 0.29) is 0 Å². The maximum Gasteiger partial charge on any atom is 0.218 e. The zero-order chi connectivity index (χ0) is 15.5. The smallest absolute Gasteiger partial charge is 0.218 e. The van der Waals surface area contributed by atoms with Gasteiger partial charge in [-0.2, -0.15) is 0 Å². The number of nitrogens with two attached hydrogens (primary N) is 1. The molecule has 0 radical (unpaired) electrons. The quantitative estimate of drug-likeness (QED) is 0.410. The molecule has 0 spiro atoms. The number of rotatable bonds is 9. The van der Waals surface area contributed by atoms with Crippen molar-refractivity contribution in [2.24, 2.45) is 16.6 Å². The molecule has 0 aliphatic heterocycles. The standard InChI is InChI=1S/C15H26N4O2/c1-12(2)6-8-18-15(16)19-11-13-5-4-7-17-14(13)21-10-9-20-3/h4-5,7,12H,6,8-11H2,1-3H3,(H3,16,18,19). The molecule has 0 amide bonds. The molecule has 0 aliphatic carbocycles. The largest absolute Gasteiger partial charge is 0.475 e. The second-order valence-electron chi connectivity index (χ2n) is 5.12. The van der Waals surface area contributed by atoms with Crippen molar-refractivity contribution in [3.8, 4) is 5.88 Å². The lowest BCUT2D eigenvalue weighted by atomic mass is 10.1. The number of guanidine groups is 1. The van der Waals surface area contributed by atoms with Gasteiger partial charge in [0.15, 0.2) is 5.96 Å². The Bertz CT molecular complexity index is 435. The van der Waals surface area contributed by atoms with Crippen molar-refractivity contribution in [1.29, 1.82) is 0 Å². The molecule has 0 unspecified atom stereocenters. The number of nitrogens with zero attached hydrogens (tertiary/aromatic N) is 2. The molecule has 0 saturated carbocycles. The SMILES string of the molecule is COCCOc1ncccc1CN=C(N)NCCC(C)C. The second-order valence-corrected chi connectivity index (χ2v) is 5.12. The van der Waals surface area contributed by atoms with Crippen LogP contribution < -0.4 is 15.8 Å². The number of hydrogen-bond acceptors (Lipinski definition) is 4. The van der Waals surface area contributed by atoms with Crippen molar-refractivity contribution in [3.05, 3.63) is 23.9 Å². The van der Waals surface area contributed by atoms with Crippen LogP contribution in [0.3, 0.4) is 0 Å². The Balaban J connectivity index is 2.49. The van der Waals surface area contributed by atoms with Crippen molar-refractivity contribution in [3.63, 3.8) is 0 Å². The van der Waals surface area contributed by atoms with Crippen LogP contribution in [0.25, 0.3) is 0 Å². The van der Waals surface area contributed by atoms with Crippen LogP contribution in [-0.4, -0.2) is 37.8 Å². The molecule has 1 heterocycles. The summed E-state index contributed by atoms with van der Waals surface area (Å²) >= 11 is 0. The molecule has 1 rings (SSSR count). The van der Waals surface area contributed by atoms with E-state index in [9.17, 15) is 0 Å². The summed E-state index contributed by atoms with van der Waals surface area (Å²) in [6.07, 6.45) is 2.76. The van der Waals surface area contributed by atoms with E-state index in [1.165, 1.54) is 0 Å². The summed E-state index contributed by atoms with van der Waals surface area (Å²) < 4.78 is 10.5. The van der Waals surface area contributed by atoms with Gasteiger partial charge in [-0.1, -0.05) is 19.9 Å². The van der Waals surface area contributed by atoms with E-state index in [1.54, 1.807) is 13.3 Å². The Morgan fingerprint density at radius 1 is 1.43 bits per heavy atom. The van der Waals surface area contributed by atoms with E-state index in [2.05, 4.69) is 29.1 Å². The van der Waals surface area contributed by atoms with E-state index in [0.29, 0.717) is 37.5 Å². The summed E-state index contributed by atoms with van der Waals surface area (Å²) in [4.78, 5) is 8.52. The van der Waals surface area contributed by atoms with Crippen LogP contribution in [0, 0.1) is 5.92 Å². The summed E-state index contributed by atoms with van der Waals surface area (Å²) in [6, 6.07) is 3.79. The molecule has 0 fully saturated rings. The number of nitrogens with one attached hydrogen (secondary N) is 1. The van der Waals surface area contributed by atoms with Crippen LogP contribution in [0.1, 0.15) is 25.8 Å². The summed E-state index contributed by atoms with van der Waals surface area (Å²) in [6.45, 7) is 6.61. The average Bonchev–Trinajstić information content (AvgIpc) is 2.46. The van der Waals surface area contributed by atoms with Crippen molar-refractivity contribution < 1.29 is 9.47 Å². The molecular formula is C15H26N4O2. The Morgan fingerprint density at radius 2 is 2.24 bits per heavy atom. The van der Waals surface area contributed by atoms with Gasteiger partial charge < -0.3 is 20.5 Å². The summed E-state index contributed by atoms with van der Waals surface area (Å²) in [5, 5.41) is 3.10. The molecule has 0 atom stereocenters. The summed E-state index contributed by atoms with van der Waals surface area (Å²) in [5.74, 6) is 1.67. The maximum atomic E-state index is 5.84. The molecule has 0 saturated heterocycles. The van der Waals surface area contributed by atoms with Crippen molar-refractivity contribution in [1.82, 2.24) is 10.3 Å². The highest BCUT2D eigenvalue weighted by Gasteiger charge is 2.04. The first-order valence-electron chi connectivity index (χ1n) is 7.23. The fourth-order valence-corrected chi connectivity index (χ4v) is 1.61. The molecule has 1 aromatic rings. The predicted molar refractivity (Wildman–Crippen MR) is 84.4 cm³/mol. The van der Waals surface area contributed by atoms with E-state index in [1.807, 2.05) is 12.1 Å². The molecular weight excluding hydrogens is 268 g/mol. The first-order valence-corrected chi connectivity index (χ1v) is 7.23. The lowest BCUT2D eigenvalue weighted by Crippen LogP contribution is -2.32. The number of methoxy groups -OCH3 is 1. The van der Waals surface area contributed by atoms with Crippen molar-refractivity contribution >= 4 is 5.96 Å². The number of aliphatic imine (C=N–C) groups is 1. The molecule has 0 aliphatic rings. The molecule has 0 aromatic carbocycles. The lowest BCUT2D eigenvalue weighted by molar-refractivity contribution is 0.143. The summed E-state index contributed by atoms with van der Waals surface area (Å²) in [7, 11) is 1.64. The van der Waals surface area contributed by atoms with Gasteiger partial charge in [0.05, 0.1) is 13.2 Å². The van der Waals surface area contributed by atoms with E-state index < -0.39 is 0 Å². The second kappa shape index (κ2) is 9.99. The Labute approximate surface area is 126 Å². The molecule has 6 nitrogen and oxygen atoms in total. The van der Waals surface area contributed by atoms with Gasteiger partial charge >= 0.3 is 0 Å². The number of ether oxygens (including phenoxy) is 2. The van der Waals surface area contributed by atoms with Crippen LogP contribution in [0.4, 0.5) is 0 Å². The third kappa shape index (κ3) is 7.51. The van der Waals surface area contributed by atoms with Crippen LogP contribution in [0.15, 0.2) is 23.3 Å². The van der Waals surface area contributed by atoms with Gasteiger partial charge in [-0.05, 0) is 18.4 Å². The minimum absolute atomic E-state index is 0.441. The Hall–Kier alpha value is -1.82. The lowest BCUT2D eigenvalue weighted by Gasteiger charge is -2.10. The molecule has 0 bridgehead atoms. The van der Waals surface area contributed by atoms with Gasteiger partial charge in [-0.15, -0.1) is 0 Å². The highest BCUT2D eigenvalue weighted by Crippen LogP contribution is 2.15. The average molecular weight is 294 g/mol. The molecule has 3 N–H and O–H groups in total. The third-order valence-corrected chi connectivity index (χ3v) is 2.82. The van der Waals surface area contributed by atoms with Gasteiger partial charge in [0, 0.05) is 25.4 Å². The van der Waals surface area contributed by atoms with Gasteiger partial charge in [0.2, 0.25) is 5.88 Å². The normalized spacial score (nSPS) is 11.7. The highest BCUT2D eigenvalue weighted by atomic mass is 16.5. The highest BCUT2D eigenvalue weighted by molar-refractivity contribution is 5.77. The number of aromatic nitrogens is 1. The predicted octanol–water partition coefficient (Wildman–Crippen LogP) is 1.56. The fraction of sp³-hybridized carbons (Fsp3) is 0.600. The van der Waals surface area contributed by atoms with Crippen LogP contribution in [0.2, 0.25) is 0 Å². The zero-order valence-electron chi connectivity index (χ0n) is 13.1. The number of pyridine rings is 1. The van der Waals surface area contributed by atoms with E-state index in [4.69, 9.17) is 15.2 Å². The fourth-order valence-electron chi connectivity index (χ4n) is 1.61. The van der Waals surface area contributed by atoms with Crippen LogP contribution in [-0.2, 0) is 11.3 Å². The Kier molecular flexibility index (Phi) is 8.19. The van der Waals surface area contributed by atoms with Crippen LogP contribution in [0.5, 0.6) is 5.88 Å². The van der Waals surface area contributed by atoms with Gasteiger partial charge in [-0.25, -0.2) is 9.98 Å². The van der Waals surface area contributed by atoms with Crippen LogP contribution >= 0.6 is 0 Å². The monoisotopic (exact) mass is 294 g/mol. The molecule has 6 heteroatoms.